The van der Waals surface area contributed by atoms with Crippen molar-refractivity contribution in [2.45, 2.75) is 0 Å². The van der Waals surface area contributed by atoms with E-state index in [0.717, 1.165) is 34.2 Å². The van der Waals surface area contributed by atoms with E-state index in [9.17, 15) is 0 Å². The van der Waals surface area contributed by atoms with Crippen molar-refractivity contribution in [1.82, 2.24) is 29.9 Å². The molecule has 6 nitrogen and oxygen atoms in total. The summed E-state index contributed by atoms with van der Waals surface area (Å²) in [5, 5.41) is 0. The van der Waals surface area contributed by atoms with Crippen molar-refractivity contribution in [3.05, 3.63) is 146 Å². The first-order valence-electron chi connectivity index (χ1n) is 11.4. The Hall–Kier alpha value is -4.45. The predicted molar refractivity (Wildman–Crippen MR) is 142 cm³/mol. The number of benzene rings is 3. The summed E-state index contributed by atoms with van der Waals surface area (Å²) in [6, 6.07) is 35.2. The van der Waals surface area contributed by atoms with E-state index in [-0.39, 0.29) is 20.1 Å². The first-order chi connectivity index (χ1) is 17.9. The average Bonchev–Trinajstić information content (AvgIpc) is 3.01. The van der Waals surface area contributed by atoms with Crippen LogP contribution in [0.4, 0.5) is 0 Å². The summed E-state index contributed by atoms with van der Waals surface area (Å²) >= 11 is 0. The second-order valence-electron chi connectivity index (χ2n) is 7.32. The summed E-state index contributed by atoms with van der Waals surface area (Å²) in [6.07, 6.45) is 10.5. The fourth-order valence-corrected chi connectivity index (χ4v) is 3.11. The van der Waals surface area contributed by atoms with Crippen LogP contribution >= 0.6 is 0 Å². The van der Waals surface area contributed by atoms with E-state index < -0.39 is 0 Å². The molecule has 0 N–H and O–H groups in total. The largest absolute Gasteiger partial charge is 0.237 e. The minimum atomic E-state index is 0. The van der Waals surface area contributed by atoms with Gasteiger partial charge in [-0.05, 0) is 18.2 Å². The maximum absolute atomic E-state index is 4.14. The van der Waals surface area contributed by atoms with Crippen LogP contribution in [-0.4, -0.2) is 29.9 Å². The molecule has 183 valence electrons. The number of rotatable bonds is 3. The quantitative estimate of drug-likeness (QED) is 0.218. The van der Waals surface area contributed by atoms with Crippen LogP contribution in [0.1, 0.15) is 0 Å². The van der Waals surface area contributed by atoms with Crippen LogP contribution in [0.25, 0.3) is 34.2 Å². The molecule has 0 bridgehead atoms. The Labute approximate surface area is 230 Å². The Morgan fingerprint density at radius 3 is 0.703 bits per heavy atom. The molecule has 3 heterocycles. The normalized spacial score (nSPS) is 9.41. The van der Waals surface area contributed by atoms with Gasteiger partial charge in [0.1, 0.15) is 0 Å². The van der Waals surface area contributed by atoms with Gasteiger partial charge < -0.3 is 0 Å². The fourth-order valence-electron chi connectivity index (χ4n) is 3.11. The van der Waals surface area contributed by atoms with E-state index in [1.807, 2.05) is 109 Å². The van der Waals surface area contributed by atoms with Gasteiger partial charge in [-0.3, -0.25) is 0 Å². The van der Waals surface area contributed by atoms with Gasteiger partial charge in [-0.1, -0.05) is 91.0 Å². The molecule has 3 aromatic carbocycles. The molecule has 37 heavy (non-hydrogen) atoms. The van der Waals surface area contributed by atoms with Gasteiger partial charge in [0, 0.05) is 74.0 Å². The van der Waals surface area contributed by atoms with Crippen LogP contribution in [0, 0.1) is 0 Å². The topological polar surface area (TPSA) is 77.3 Å². The minimum absolute atomic E-state index is 0. The summed E-state index contributed by atoms with van der Waals surface area (Å²) in [4.78, 5) is 24.8. The van der Waals surface area contributed by atoms with Gasteiger partial charge in [-0.15, -0.1) is 0 Å². The van der Waals surface area contributed by atoms with Crippen molar-refractivity contribution in [1.29, 1.82) is 0 Å². The molecule has 0 spiro atoms. The van der Waals surface area contributed by atoms with E-state index in [1.165, 1.54) is 0 Å². The summed E-state index contributed by atoms with van der Waals surface area (Å²) in [5.41, 5.74) is 3.16. The van der Waals surface area contributed by atoms with Crippen molar-refractivity contribution in [3.8, 4) is 34.2 Å². The molecular formula is C30H24IrN6. The Balaban J connectivity index is 0.000000152. The molecule has 0 atom stereocenters. The zero-order chi connectivity index (χ0) is 24.7. The maximum atomic E-state index is 4.14. The van der Waals surface area contributed by atoms with E-state index in [4.69, 9.17) is 0 Å². The molecule has 0 unspecified atom stereocenters. The SMILES string of the molecule is [Ir].c1ccc(-c2ncccn2)cc1.c1ccc(-c2ncccn2)cc1.c1ccc(-c2ncccn2)cc1. The molecule has 6 aromatic rings. The van der Waals surface area contributed by atoms with E-state index in [1.54, 1.807) is 37.2 Å². The molecule has 0 saturated carbocycles. The average molecular weight is 661 g/mol. The zero-order valence-electron chi connectivity index (χ0n) is 19.9. The Morgan fingerprint density at radius 2 is 0.486 bits per heavy atom. The van der Waals surface area contributed by atoms with Crippen molar-refractivity contribution >= 4 is 0 Å². The number of hydrogen-bond donors (Lipinski definition) is 0. The number of aromatic nitrogens is 6. The molecule has 7 heteroatoms. The maximum Gasteiger partial charge on any atom is 0.159 e. The van der Waals surface area contributed by atoms with Crippen LogP contribution in [0.2, 0.25) is 0 Å². The van der Waals surface area contributed by atoms with Crippen LogP contribution < -0.4 is 0 Å². The second kappa shape index (κ2) is 15.5. The number of hydrogen-bond acceptors (Lipinski definition) is 6. The van der Waals surface area contributed by atoms with Gasteiger partial charge in [0.05, 0.1) is 0 Å². The zero-order valence-corrected chi connectivity index (χ0v) is 22.3. The van der Waals surface area contributed by atoms with Crippen LogP contribution in [0.5, 0.6) is 0 Å². The summed E-state index contributed by atoms with van der Waals surface area (Å²) in [5.74, 6) is 2.33. The first-order valence-corrected chi connectivity index (χ1v) is 11.4. The Morgan fingerprint density at radius 1 is 0.270 bits per heavy atom. The van der Waals surface area contributed by atoms with Crippen molar-refractivity contribution in [2.24, 2.45) is 0 Å². The summed E-state index contributed by atoms with van der Waals surface area (Å²) in [6.45, 7) is 0. The van der Waals surface area contributed by atoms with Crippen LogP contribution in [-0.2, 0) is 20.1 Å². The van der Waals surface area contributed by atoms with Crippen LogP contribution in [0.3, 0.4) is 0 Å². The molecule has 0 saturated heterocycles. The molecule has 6 rings (SSSR count). The molecule has 0 amide bonds. The van der Waals surface area contributed by atoms with Gasteiger partial charge in [-0.25, -0.2) is 29.9 Å². The van der Waals surface area contributed by atoms with Gasteiger partial charge in [-0.2, -0.15) is 0 Å². The van der Waals surface area contributed by atoms with Crippen molar-refractivity contribution < 1.29 is 20.1 Å². The van der Waals surface area contributed by atoms with Crippen molar-refractivity contribution in [2.75, 3.05) is 0 Å². The third kappa shape index (κ3) is 8.93. The van der Waals surface area contributed by atoms with Crippen molar-refractivity contribution in [3.63, 3.8) is 0 Å². The van der Waals surface area contributed by atoms with Crippen LogP contribution in [0.15, 0.2) is 146 Å². The third-order valence-electron chi connectivity index (χ3n) is 4.79. The van der Waals surface area contributed by atoms with Gasteiger partial charge in [0.15, 0.2) is 17.5 Å². The minimum Gasteiger partial charge on any atom is -0.237 e. The molecule has 0 aliphatic carbocycles. The Bertz CT molecular complexity index is 1100. The van der Waals surface area contributed by atoms with Gasteiger partial charge >= 0.3 is 0 Å². The molecule has 0 fully saturated rings. The molecule has 3 aromatic heterocycles. The van der Waals surface area contributed by atoms with E-state index in [0.29, 0.717) is 0 Å². The molecule has 0 aliphatic heterocycles. The number of nitrogens with zero attached hydrogens (tertiary/aromatic N) is 6. The van der Waals surface area contributed by atoms with E-state index >= 15 is 0 Å². The third-order valence-corrected chi connectivity index (χ3v) is 4.79. The second-order valence-corrected chi connectivity index (χ2v) is 7.32. The smallest absolute Gasteiger partial charge is 0.159 e. The monoisotopic (exact) mass is 661 g/mol. The van der Waals surface area contributed by atoms with E-state index in [2.05, 4.69) is 29.9 Å². The predicted octanol–water partition coefficient (Wildman–Crippen LogP) is 6.43. The standard InChI is InChI=1S/3C10H8N2.Ir/c3*1-2-5-9(6-3-1)10-11-7-4-8-12-10;/h3*1-8H;. The van der Waals surface area contributed by atoms with Gasteiger partial charge in [0.2, 0.25) is 0 Å². The summed E-state index contributed by atoms with van der Waals surface area (Å²) < 4.78 is 0. The molecule has 0 aliphatic rings. The molecule has 1 radical (unpaired) electrons. The molecular weight excluding hydrogens is 637 g/mol. The van der Waals surface area contributed by atoms with Gasteiger partial charge in [0.25, 0.3) is 0 Å². The summed E-state index contributed by atoms with van der Waals surface area (Å²) in [7, 11) is 0. The first kappa shape index (κ1) is 27.1. The fraction of sp³-hybridized carbons (Fsp3) is 0. The Kier molecular flexibility index (Phi) is 11.4.